The molecule has 9 nitrogen and oxygen atoms in total. The first-order valence-electron chi connectivity index (χ1n) is 7.55. The molecule has 0 bridgehead atoms. The second-order valence-electron chi connectivity index (χ2n) is 5.77. The third-order valence-corrected chi connectivity index (χ3v) is 4.05. The van der Waals surface area contributed by atoms with E-state index in [0.29, 0.717) is 30.3 Å². The molecule has 3 aromatic heterocycles. The number of rotatable bonds is 4. The fourth-order valence-corrected chi connectivity index (χ4v) is 2.82. The van der Waals surface area contributed by atoms with Crippen molar-refractivity contribution in [3.63, 3.8) is 0 Å². The minimum atomic E-state index is -0.413. The predicted molar refractivity (Wildman–Crippen MR) is 88.7 cm³/mol. The third kappa shape index (κ3) is 2.28. The quantitative estimate of drug-likeness (QED) is 0.665. The van der Waals surface area contributed by atoms with Crippen LogP contribution in [0.1, 0.15) is 11.4 Å². The Morgan fingerprint density at radius 3 is 2.46 bits per heavy atom. The van der Waals surface area contributed by atoms with E-state index < -0.39 is 5.69 Å². The lowest BCUT2D eigenvalue weighted by Gasteiger charge is -2.09. The summed E-state index contributed by atoms with van der Waals surface area (Å²) in [6.45, 7) is 4.63. The molecule has 0 aromatic carbocycles. The van der Waals surface area contributed by atoms with Crippen LogP contribution < -0.4 is 11.2 Å². The number of nitrogens with zero attached hydrogens (tertiary/aromatic N) is 6. The van der Waals surface area contributed by atoms with Crippen LogP contribution in [0.3, 0.4) is 0 Å². The highest BCUT2D eigenvalue weighted by Gasteiger charge is 2.21. The van der Waals surface area contributed by atoms with Gasteiger partial charge in [0.05, 0.1) is 12.3 Å². The van der Waals surface area contributed by atoms with Crippen molar-refractivity contribution in [2.75, 3.05) is 13.7 Å². The monoisotopic (exact) mass is 332 g/mol. The van der Waals surface area contributed by atoms with E-state index >= 15 is 0 Å². The average molecular weight is 332 g/mol. The highest BCUT2D eigenvalue weighted by Crippen LogP contribution is 2.17. The Bertz CT molecular complexity index is 1040. The van der Waals surface area contributed by atoms with Crippen molar-refractivity contribution in [2.24, 2.45) is 14.1 Å². The Kier molecular flexibility index (Phi) is 3.88. The van der Waals surface area contributed by atoms with E-state index in [-0.39, 0.29) is 5.56 Å². The Balaban J connectivity index is 2.43. The summed E-state index contributed by atoms with van der Waals surface area (Å²) in [7, 11) is 4.65. The lowest BCUT2D eigenvalue weighted by atomic mass is 10.4. The van der Waals surface area contributed by atoms with E-state index in [1.807, 2.05) is 19.9 Å². The standard InChI is InChI=1S/C15H20N6O3/c1-9-8-10(2)21(17-9)14-16-12-11(20(14)6-7-24-5)13(22)19(4)15(23)18(12)3/h8H,6-7H2,1-5H3. The largest absolute Gasteiger partial charge is 0.383 e. The Labute approximate surface area is 137 Å². The van der Waals surface area contributed by atoms with Crippen molar-refractivity contribution >= 4 is 11.2 Å². The van der Waals surface area contributed by atoms with Gasteiger partial charge in [-0.3, -0.25) is 13.9 Å². The fourth-order valence-electron chi connectivity index (χ4n) is 2.82. The number of aromatic nitrogens is 6. The van der Waals surface area contributed by atoms with E-state index in [2.05, 4.69) is 10.1 Å². The molecule has 0 saturated heterocycles. The normalized spacial score (nSPS) is 11.5. The highest BCUT2D eigenvalue weighted by atomic mass is 16.5. The van der Waals surface area contributed by atoms with E-state index in [9.17, 15) is 9.59 Å². The van der Waals surface area contributed by atoms with E-state index in [1.165, 1.54) is 11.6 Å². The molecule has 0 N–H and O–H groups in total. The van der Waals surface area contributed by atoms with Gasteiger partial charge in [0.1, 0.15) is 0 Å². The van der Waals surface area contributed by atoms with Crippen molar-refractivity contribution in [3.8, 4) is 5.95 Å². The molecule has 0 atom stereocenters. The summed E-state index contributed by atoms with van der Waals surface area (Å²) in [4.78, 5) is 29.3. The van der Waals surface area contributed by atoms with Crippen LogP contribution in [0.2, 0.25) is 0 Å². The SMILES string of the molecule is COCCn1c(-n2nc(C)cc2C)nc2c1c(=O)n(C)c(=O)n2C. The maximum atomic E-state index is 12.6. The van der Waals surface area contributed by atoms with Gasteiger partial charge in [-0.2, -0.15) is 10.1 Å². The van der Waals surface area contributed by atoms with Crippen LogP contribution >= 0.6 is 0 Å². The summed E-state index contributed by atoms with van der Waals surface area (Å²) in [6.07, 6.45) is 0. The summed E-state index contributed by atoms with van der Waals surface area (Å²) in [6, 6.07) is 1.93. The molecule has 3 aromatic rings. The molecule has 0 spiro atoms. The van der Waals surface area contributed by atoms with Gasteiger partial charge in [-0.15, -0.1) is 0 Å². The minimum absolute atomic E-state index is 0.335. The second-order valence-corrected chi connectivity index (χ2v) is 5.77. The Hall–Kier alpha value is -2.68. The van der Waals surface area contributed by atoms with Gasteiger partial charge in [0.25, 0.3) is 5.56 Å². The molecule has 0 aliphatic rings. The Morgan fingerprint density at radius 1 is 1.17 bits per heavy atom. The molecular formula is C15H20N6O3. The summed E-state index contributed by atoms with van der Waals surface area (Å²) in [5.74, 6) is 0.492. The van der Waals surface area contributed by atoms with Gasteiger partial charge in [-0.1, -0.05) is 0 Å². The zero-order valence-corrected chi connectivity index (χ0v) is 14.4. The van der Waals surface area contributed by atoms with Crippen LogP contribution in [0.4, 0.5) is 0 Å². The van der Waals surface area contributed by atoms with Crippen LogP contribution in [0.15, 0.2) is 15.7 Å². The van der Waals surface area contributed by atoms with Crippen molar-refractivity contribution in [1.82, 2.24) is 28.5 Å². The number of aryl methyl sites for hydroxylation is 3. The first-order valence-corrected chi connectivity index (χ1v) is 7.55. The molecule has 3 heterocycles. The lowest BCUT2D eigenvalue weighted by Crippen LogP contribution is -2.37. The predicted octanol–water partition coefficient (Wildman–Crippen LogP) is -0.117. The second kappa shape index (κ2) is 5.75. The first kappa shape index (κ1) is 16.2. The summed E-state index contributed by atoms with van der Waals surface area (Å²) >= 11 is 0. The van der Waals surface area contributed by atoms with Gasteiger partial charge in [-0.05, 0) is 19.9 Å². The van der Waals surface area contributed by atoms with Crippen molar-refractivity contribution in [3.05, 3.63) is 38.3 Å². The number of imidazole rings is 1. The fraction of sp³-hybridized carbons (Fsp3) is 0.467. The smallest absolute Gasteiger partial charge is 0.332 e. The zero-order chi connectivity index (χ0) is 17.6. The number of fused-ring (bicyclic) bond motifs is 1. The average Bonchev–Trinajstić information content (AvgIpc) is 3.08. The number of methoxy groups -OCH3 is 1. The van der Waals surface area contributed by atoms with Crippen LogP contribution in [0, 0.1) is 13.8 Å². The van der Waals surface area contributed by atoms with Crippen molar-refractivity contribution in [1.29, 1.82) is 0 Å². The van der Waals surface area contributed by atoms with E-state index in [1.54, 1.807) is 23.4 Å². The maximum absolute atomic E-state index is 12.6. The molecule has 0 amide bonds. The summed E-state index contributed by atoms with van der Waals surface area (Å²) in [5.41, 5.74) is 1.64. The van der Waals surface area contributed by atoms with Crippen LogP contribution in [0.5, 0.6) is 0 Å². The number of hydrogen-bond acceptors (Lipinski definition) is 5. The summed E-state index contributed by atoms with van der Waals surface area (Å²) in [5, 5.41) is 4.44. The number of hydrogen-bond donors (Lipinski definition) is 0. The molecule has 0 aliphatic carbocycles. The molecule has 24 heavy (non-hydrogen) atoms. The van der Waals surface area contributed by atoms with Gasteiger partial charge in [0, 0.05) is 33.4 Å². The summed E-state index contributed by atoms with van der Waals surface area (Å²) < 4.78 is 11.0. The number of ether oxygens (including phenoxy) is 1. The van der Waals surface area contributed by atoms with Crippen LogP contribution in [-0.4, -0.2) is 42.2 Å². The molecule has 0 saturated carbocycles. The topological polar surface area (TPSA) is 88.9 Å². The minimum Gasteiger partial charge on any atom is -0.383 e. The van der Waals surface area contributed by atoms with Gasteiger partial charge in [0.2, 0.25) is 5.95 Å². The van der Waals surface area contributed by atoms with Crippen molar-refractivity contribution in [2.45, 2.75) is 20.4 Å². The van der Waals surface area contributed by atoms with E-state index in [0.717, 1.165) is 16.0 Å². The van der Waals surface area contributed by atoms with Crippen LogP contribution in [0.25, 0.3) is 17.1 Å². The first-order chi connectivity index (χ1) is 11.4. The molecular weight excluding hydrogens is 312 g/mol. The molecule has 0 fully saturated rings. The highest BCUT2D eigenvalue weighted by molar-refractivity contribution is 5.72. The zero-order valence-electron chi connectivity index (χ0n) is 14.4. The van der Waals surface area contributed by atoms with Gasteiger partial charge in [-0.25, -0.2) is 9.48 Å². The van der Waals surface area contributed by atoms with Crippen LogP contribution in [-0.2, 0) is 25.4 Å². The Morgan fingerprint density at radius 2 is 1.88 bits per heavy atom. The van der Waals surface area contributed by atoms with E-state index in [4.69, 9.17) is 4.74 Å². The lowest BCUT2D eigenvalue weighted by molar-refractivity contribution is 0.188. The van der Waals surface area contributed by atoms with Gasteiger partial charge < -0.3 is 9.30 Å². The molecule has 9 heteroatoms. The van der Waals surface area contributed by atoms with Crippen molar-refractivity contribution < 1.29 is 4.74 Å². The molecule has 0 aliphatic heterocycles. The van der Waals surface area contributed by atoms with Gasteiger partial charge >= 0.3 is 5.69 Å². The third-order valence-electron chi connectivity index (χ3n) is 4.05. The van der Waals surface area contributed by atoms with Gasteiger partial charge in [0.15, 0.2) is 11.2 Å². The maximum Gasteiger partial charge on any atom is 0.332 e. The molecule has 0 radical (unpaired) electrons. The molecule has 128 valence electrons. The molecule has 0 unspecified atom stereocenters. The molecule has 3 rings (SSSR count).